The summed E-state index contributed by atoms with van der Waals surface area (Å²) >= 11 is 1.49. The first-order valence-corrected chi connectivity index (χ1v) is 10.1. The van der Waals surface area contributed by atoms with Crippen LogP contribution in [0.1, 0.15) is 46.8 Å². The van der Waals surface area contributed by atoms with Gasteiger partial charge in [0.1, 0.15) is 0 Å². The van der Waals surface area contributed by atoms with Crippen LogP contribution in [0, 0.1) is 5.92 Å². The Bertz CT molecular complexity index is 662. The molecule has 4 nitrogen and oxygen atoms in total. The van der Waals surface area contributed by atoms with E-state index in [4.69, 9.17) is 0 Å². The fourth-order valence-electron chi connectivity index (χ4n) is 3.18. The van der Waals surface area contributed by atoms with Gasteiger partial charge in [0, 0.05) is 17.5 Å². The van der Waals surface area contributed by atoms with Crippen molar-refractivity contribution in [3.63, 3.8) is 0 Å². The highest BCUT2D eigenvalue weighted by Gasteiger charge is 2.31. The summed E-state index contributed by atoms with van der Waals surface area (Å²) in [4.78, 5) is 16.5. The lowest BCUT2D eigenvalue weighted by Crippen LogP contribution is -2.44. The molecule has 0 saturated carbocycles. The Morgan fingerprint density at radius 3 is 2.86 bits per heavy atom. The second-order valence-electron chi connectivity index (χ2n) is 6.39. The van der Waals surface area contributed by atoms with E-state index in [2.05, 4.69) is 13.8 Å². The van der Waals surface area contributed by atoms with Gasteiger partial charge in [0.15, 0.2) is 9.84 Å². The fraction of sp³-hybridized carbons (Fsp3) is 0.667. The van der Waals surface area contributed by atoms with Crippen LogP contribution < -0.4 is 0 Å². The van der Waals surface area contributed by atoms with Gasteiger partial charge in [0.05, 0.1) is 16.4 Å². The highest BCUT2D eigenvalue weighted by atomic mass is 32.2. The van der Waals surface area contributed by atoms with Crippen molar-refractivity contribution in [1.29, 1.82) is 0 Å². The molecule has 0 N–H and O–H groups in total. The predicted molar refractivity (Wildman–Crippen MR) is 84.4 cm³/mol. The summed E-state index contributed by atoms with van der Waals surface area (Å²) in [6.45, 7) is 5.08. The third-order valence-corrected chi connectivity index (χ3v) is 7.30. The van der Waals surface area contributed by atoms with Crippen LogP contribution in [0.2, 0.25) is 0 Å². The van der Waals surface area contributed by atoms with Crippen LogP contribution in [0.3, 0.4) is 0 Å². The number of hydrogen-bond donors (Lipinski definition) is 0. The van der Waals surface area contributed by atoms with Gasteiger partial charge in [-0.05, 0) is 43.7 Å². The van der Waals surface area contributed by atoms with Crippen molar-refractivity contribution in [2.45, 2.75) is 44.9 Å². The first-order valence-electron chi connectivity index (χ1n) is 7.48. The van der Waals surface area contributed by atoms with Crippen LogP contribution >= 0.6 is 11.3 Å². The van der Waals surface area contributed by atoms with Crippen LogP contribution in [0.25, 0.3) is 0 Å². The Morgan fingerprint density at radius 2 is 2.10 bits per heavy atom. The molecule has 0 unspecified atom stereocenters. The van der Waals surface area contributed by atoms with Crippen molar-refractivity contribution in [3.05, 3.63) is 21.4 Å². The molecule has 1 aromatic rings. The molecule has 0 aromatic carbocycles. The average Bonchev–Trinajstić information content (AvgIpc) is 2.82. The second kappa shape index (κ2) is 5.39. The van der Waals surface area contributed by atoms with Crippen molar-refractivity contribution >= 4 is 27.1 Å². The van der Waals surface area contributed by atoms with Gasteiger partial charge < -0.3 is 4.90 Å². The summed E-state index contributed by atoms with van der Waals surface area (Å²) in [5, 5.41) is 0. The van der Waals surface area contributed by atoms with Crippen LogP contribution in [0.15, 0.2) is 6.07 Å². The second-order valence-corrected chi connectivity index (χ2v) is 9.71. The van der Waals surface area contributed by atoms with Crippen LogP contribution in [-0.2, 0) is 22.0 Å². The van der Waals surface area contributed by atoms with Gasteiger partial charge in [-0.2, -0.15) is 0 Å². The smallest absolute Gasteiger partial charge is 0.264 e. The Kier molecular flexibility index (Phi) is 3.86. The van der Waals surface area contributed by atoms with Gasteiger partial charge in [-0.3, -0.25) is 4.79 Å². The molecule has 1 saturated heterocycles. The molecule has 0 spiro atoms. The minimum atomic E-state index is -2.97. The zero-order chi connectivity index (χ0) is 15.2. The third kappa shape index (κ3) is 3.01. The first kappa shape index (κ1) is 15.0. The van der Waals surface area contributed by atoms with Crippen molar-refractivity contribution in [3.8, 4) is 0 Å². The Labute approximate surface area is 130 Å². The first-order chi connectivity index (χ1) is 9.85. The van der Waals surface area contributed by atoms with Crippen molar-refractivity contribution in [1.82, 2.24) is 4.90 Å². The maximum Gasteiger partial charge on any atom is 0.264 e. The average molecular weight is 327 g/mol. The molecule has 2 atom stereocenters. The van der Waals surface area contributed by atoms with Crippen LogP contribution in [0.5, 0.6) is 0 Å². The van der Waals surface area contributed by atoms with E-state index >= 15 is 0 Å². The summed E-state index contributed by atoms with van der Waals surface area (Å²) in [7, 11) is -2.97. The zero-order valence-corrected chi connectivity index (χ0v) is 14.1. The number of rotatable bonds is 1. The van der Waals surface area contributed by atoms with Crippen LogP contribution in [0.4, 0.5) is 0 Å². The molecule has 1 aromatic heterocycles. The molecule has 2 aliphatic heterocycles. The van der Waals surface area contributed by atoms with Gasteiger partial charge in [-0.15, -0.1) is 11.3 Å². The number of fused-ring (bicyclic) bond motifs is 1. The Morgan fingerprint density at radius 1 is 1.33 bits per heavy atom. The molecular weight excluding hydrogens is 306 g/mol. The van der Waals surface area contributed by atoms with E-state index in [-0.39, 0.29) is 23.5 Å². The number of carbonyl (C=O) groups is 1. The summed E-state index contributed by atoms with van der Waals surface area (Å²) in [6.07, 6.45) is 2.78. The minimum absolute atomic E-state index is 0.0749. The topological polar surface area (TPSA) is 54.5 Å². The van der Waals surface area contributed by atoms with E-state index < -0.39 is 9.84 Å². The quantitative estimate of drug-likeness (QED) is 0.796. The molecule has 0 radical (unpaired) electrons. The number of amides is 1. The lowest BCUT2D eigenvalue weighted by atomic mass is 9.95. The fourth-order valence-corrected chi connectivity index (χ4v) is 5.93. The molecular formula is C15H21NO3S2. The number of sulfone groups is 1. The lowest BCUT2D eigenvalue weighted by molar-refractivity contribution is 0.0579. The standard InChI is InChI=1S/C15H21NO3S2/c1-10-3-4-11(2)16(8-10)15(17)14-7-12-9-21(18,19)6-5-13(12)20-14/h7,10-11H,3-6,8-9H2,1-2H3/t10-,11-/m0/s1. The molecule has 3 rings (SSSR count). The number of thiophene rings is 1. The monoisotopic (exact) mass is 327 g/mol. The molecule has 116 valence electrons. The molecule has 2 aliphatic rings. The van der Waals surface area contributed by atoms with Crippen molar-refractivity contribution < 1.29 is 13.2 Å². The number of likely N-dealkylation sites (tertiary alicyclic amines) is 1. The number of nitrogens with zero attached hydrogens (tertiary/aromatic N) is 1. The molecule has 21 heavy (non-hydrogen) atoms. The maximum absolute atomic E-state index is 12.7. The van der Waals surface area contributed by atoms with Gasteiger partial charge in [0.2, 0.25) is 0 Å². The number of carbonyl (C=O) groups excluding carboxylic acids is 1. The van der Waals surface area contributed by atoms with E-state index in [0.29, 0.717) is 17.2 Å². The number of piperidine rings is 1. The van der Waals surface area contributed by atoms with E-state index in [0.717, 1.165) is 23.4 Å². The van der Waals surface area contributed by atoms with Gasteiger partial charge in [-0.25, -0.2) is 8.42 Å². The number of hydrogen-bond acceptors (Lipinski definition) is 4. The summed E-state index contributed by atoms with van der Waals surface area (Å²) in [6, 6.07) is 2.09. The highest BCUT2D eigenvalue weighted by molar-refractivity contribution is 7.90. The number of aryl methyl sites for hydroxylation is 1. The van der Waals surface area contributed by atoms with Crippen molar-refractivity contribution in [2.75, 3.05) is 12.3 Å². The van der Waals surface area contributed by atoms with E-state index in [1.54, 1.807) is 0 Å². The molecule has 3 heterocycles. The Balaban J connectivity index is 1.84. The third-order valence-electron chi connectivity index (χ3n) is 4.50. The van der Waals surface area contributed by atoms with E-state index in [1.807, 2.05) is 11.0 Å². The molecule has 0 bridgehead atoms. The molecule has 1 amide bonds. The normalized spacial score (nSPS) is 28.2. The highest BCUT2D eigenvalue weighted by Crippen LogP contribution is 2.31. The predicted octanol–water partition coefficient (Wildman–Crippen LogP) is 2.48. The van der Waals surface area contributed by atoms with E-state index in [9.17, 15) is 13.2 Å². The zero-order valence-electron chi connectivity index (χ0n) is 12.5. The minimum Gasteiger partial charge on any atom is -0.335 e. The molecule has 0 aliphatic carbocycles. The van der Waals surface area contributed by atoms with Crippen LogP contribution in [-0.4, -0.2) is 37.6 Å². The largest absolute Gasteiger partial charge is 0.335 e. The maximum atomic E-state index is 12.7. The molecule has 6 heteroatoms. The lowest BCUT2D eigenvalue weighted by Gasteiger charge is -2.36. The van der Waals surface area contributed by atoms with E-state index in [1.165, 1.54) is 17.8 Å². The summed E-state index contributed by atoms with van der Waals surface area (Å²) in [5.41, 5.74) is 0.840. The Hall–Kier alpha value is -0.880. The van der Waals surface area contributed by atoms with Gasteiger partial charge >= 0.3 is 0 Å². The van der Waals surface area contributed by atoms with Gasteiger partial charge in [-0.1, -0.05) is 6.92 Å². The SMILES string of the molecule is C[C@H]1CC[C@H](C)N(C(=O)c2cc3c(s2)CCS(=O)(=O)C3)C1. The molecule has 1 fully saturated rings. The summed E-state index contributed by atoms with van der Waals surface area (Å²) in [5.74, 6) is 0.926. The summed E-state index contributed by atoms with van der Waals surface area (Å²) < 4.78 is 23.4. The van der Waals surface area contributed by atoms with Gasteiger partial charge in [0.25, 0.3) is 5.91 Å². The van der Waals surface area contributed by atoms with Crippen molar-refractivity contribution in [2.24, 2.45) is 5.92 Å².